The molecule has 0 amide bonds. The molecule has 1 atom stereocenters. The molecule has 0 spiro atoms. The number of nitrogens with one attached hydrogen (secondary N) is 1. The van der Waals surface area contributed by atoms with Crippen LogP contribution in [0.2, 0.25) is 0 Å². The first-order valence-corrected chi connectivity index (χ1v) is 7.59. The molecule has 4 nitrogen and oxygen atoms in total. The van der Waals surface area contributed by atoms with Crippen molar-refractivity contribution in [3.8, 4) is 0 Å². The number of β-amino-alcohol motifs (C(OH)–C–C–N with tert-alkyl or cyclic N) is 1. The van der Waals surface area contributed by atoms with Gasteiger partial charge in [-0.15, -0.1) is 0 Å². The molecular weight excluding hydrogens is 250 g/mol. The number of imidazole rings is 1. The Balaban J connectivity index is 1.95. The second kappa shape index (κ2) is 5.54. The summed E-state index contributed by atoms with van der Waals surface area (Å²) in [5.74, 6) is 1.01. The molecule has 1 unspecified atom stereocenters. The van der Waals surface area contributed by atoms with E-state index >= 15 is 0 Å². The summed E-state index contributed by atoms with van der Waals surface area (Å²) in [5, 5.41) is 14.0. The van der Waals surface area contributed by atoms with Crippen molar-refractivity contribution < 1.29 is 5.11 Å². The molecule has 1 fully saturated rings. The highest BCUT2D eigenvalue weighted by molar-refractivity contribution is 5.75. The zero-order chi connectivity index (χ0) is 14.0. The number of piperidine rings is 1. The fourth-order valence-corrected chi connectivity index (χ4v) is 3.13. The van der Waals surface area contributed by atoms with E-state index in [9.17, 15) is 5.11 Å². The van der Waals surface area contributed by atoms with Gasteiger partial charge in [-0.2, -0.15) is 0 Å². The second-order valence-electron chi connectivity index (χ2n) is 5.85. The van der Waals surface area contributed by atoms with Gasteiger partial charge in [-0.05, 0) is 37.9 Å². The monoisotopic (exact) mass is 273 g/mol. The van der Waals surface area contributed by atoms with E-state index in [4.69, 9.17) is 4.98 Å². The van der Waals surface area contributed by atoms with Crippen molar-refractivity contribution in [1.82, 2.24) is 14.9 Å². The van der Waals surface area contributed by atoms with Crippen molar-refractivity contribution in [2.75, 3.05) is 13.1 Å². The van der Waals surface area contributed by atoms with Gasteiger partial charge in [0, 0.05) is 19.5 Å². The molecule has 108 valence electrons. The number of fused-ring (bicyclic) bond motifs is 1. The number of benzene rings is 1. The van der Waals surface area contributed by atoms with Gasteiger partial charge in [0.15, 0.2) is 0 Å². The Kier molecular flexibility index (Phi) is 3.76. The Morgan fingerprint density at radius 1 is 1.40 bits per heavy atom. The fourth-order valence-electron chi connectivity index (χ4n) is 3.13. The number of aromatic nitrogens is 2. The van der Waals surface area contributed by atoms with Crippen LogP contribution in [-0.4, -0.2) is 33.3 Å². The van der Waals surface area contributed by atoms with E-state index in [-0.39, 0.29) is 0 Å². The average molecular weight is 273 g/mol. The number of hydrogen-bond donors (Lipinski definition) is 2. The van der Waals surface area contributed by atoms with Gasteiger partial charge in [0.05, 0.1) is 16.6 Å². The normalized spacial score (nSPS) is 23.3. The molecule has 4 heteroatoms. The van der Waals surface area contributed by atoms with Gasteiger partial charge in [-0.25, -0.2) is 4.98 Å². The van der Waals surface area contributed by atoms with E-state index in [1.165, 1.54) is 5.52 Å². The first-order valence-electron chi connectivity index (χ1n) is 7.59. The fraction of sp³-hybridized carbons (Fsp3) is 0.562. The Labute approximate surface area is 119 Å². The van der Waals surface area contributed by atoms with Crippen LogP contribution in [0.5, 0.6) is 0 Å². The molecule has 3 rings (SSSR count). The molecule has 0 aliphatic carbocycles. The molecule has 1 aliphatic rings. The highest BCUT2D eigenvalue weighted by Crippen LogP contribution is 2.24. The van der Waals surface area contributed by atoms with Crippen LogP contribution in [0.3, 0.4) is 0 Å². The number of aliphatic hydroxyl groups is 1. The maximum absolute atomic E-state index is 10.7. The first-order chi connectivity index (χ1) is 9.72. The number of hydrogen-bond acceptors (Lipinski definition) is 3. The summed E-state index contributed by atoms with van der Waals surface area (Å²) < 4.78 is 2.27. The van der Waals surface area contributed by atoms with Crippen molar-refractivity contribution >= 4 is 11.0 Å². The largest absolute Gasteiger partial charge is 0.388 e. The minimum Gasteiger partial charge on any atom is -0.388 e. The predicted molar refractivity (Wildman–Crippen MR) is 80.8 cm³/mol. The van der Waals surface area contributed by atoms with Crippen molar-refractivity contribution in [2.24, 2.45) is 0 Å². The molecular formula is C16H23N3O. The highest BCUT2D eigenvalue weighted by Gasteiger charge is 2.31. The summed E-state index contributed by atoms with van der Waals surface area (Å²) in [6.45, 7) is 4.81. The standard InChI is InChI=1S/C16H23N3O/c1-2-10-19-14-7-4-3-6-13(14)18-15(19)11-16(20)8-5-9-17-12-16/h3-4,6-7,17,20H,2,5,8-12H2,1H3. The van der Waals surface area contributed by atoms with E-state index in [0.717, 1.165) is 43.7 Å². The minimum atomic E-state index is -0.648. The van der Waals surface area contributed by atoms with Crippen molar-refractivity contribution in [1.29, 1.82) is 0 Å². The van der Waals surface area contributed by atoms with Crippen LogP contribution < -0.4 is 5.32 Å². The van der Waals surface area contributed by atoms with E-state index in [1.54, 1.807) is 0 Å². The molecule has 1 aromatic heterocycles. The molecule has 0 bridgehead atoms. The molecule has 2 N–H and O–H groups in total. The summed E-state index contributed by atoms with van der Waals surface area (Å²) >= 11 is 0. The SMILES string of the molecule is CCCn1c(CC2(O)CCCNC2)nc2ccccc21. The summed E-state index contributed by atoms with van der Waals surface area (Å²) in [7, 11) is 0. The summed E-state index contributed by atoms with van der Waals surface area (Å²) in [4.78, 5) is 4.75. The lowest BCUT2D eigenvalue weighted by Gasteiger charge is -2.32. The van der Waals surface area contributed by atoms with Crippen LogP contribution in [-0.2, 0) is 13.0 Å². The quantitative estimate of drug-likeness (QED) is 0.897. The summed E-state index contributed by atoms with van der Waals surface area (Å²) in [5.41, 5.74) is 1.56. The van der Waals surface area contributed by atoms with Gasteiger partial charge in [-0.1, -0.05) is 19.1 Å². The highest BCUT2D eigenvalue weighted by atomic mass is 16.3. The molecule has 1 aliphatic heterocycles. The third-order valence-electron chi connectivity index (χ3n) is 4.12. The van der Waals surface area contributed by atoms with Crippen LogP contribution in [0.4, 0.5) is 0 Å². The van der Waals surface area contributed by atoms with E-state index in [1.807, 2.05) is 12.1 Å². The van der Waals surface area contributed by atoms with Crippen LogP contribution in [0.1, 0.15) is 32.0 Å². The maximum Gasteiger partial charge on any atom is 0.112 e. The number of rotatable bonds is 4. The van der Waals surface area contributed by atoms with Gasteiger partial charge >= 0.3 is 0 Å². The molecule has 1 aromatic carbocycles. The smallest absolute Gasteiger partial charge is 0.112 e. The van der Waals surface area contributed by atoms with Crippen LogP contribution in [0.25, 0.3) is 11.0 Å². The van der Waals surface area contributed by atoms with Crippen molar-refractivity contribution in [2.45, 2.75) is 44.8 Å². The van der Waals surface area contributed by atoms with Crippen LogP contribution >= 0.6 is 0 Å². The van der Waals surface area contributed by atoms with Gasteiger partial charge in [0.2, 0.25) is 0 Å². The van der Waals surface area contributed by atoms with Gasteiger partial charge in [0.1, 0.15) is 5.82 Å². The average Bonchev–Trinajstić information content (AvgIpc) is 2.77. The molecule has 20 heavy (non-hydrogen) atoms. The maximum atomic E-state index is 10.7. The van der Waals surface area contributed by atoms with Crippen LogP contribution in [0.15, 0.2) is 24.3 Å². The lowest BCUT2D eigenvalue weighted by atomic mass is 9.90. The summed E-state index contributed by atoms with van der Waals surface area (Å²) in [6.07, 6.45) is 3.60. The van der Waals surface area contributed by atoms with E-state index in [0.29, 0.717) is 13.0 Å². The van der Waals surface area contributed by atoms with E-state index in [2.05, 4.69) is 28.9 Å². The summed E-state index contributed by atoms with van der Waals surface area (Å²) in [6, 6.07) is 8.24. The predicted octanol–water partition coefficient (Wildman–Crippen LogP) is 2.10. The lowest BCUT2D eigenvalue weighted by molar-refractivity contribution is 0.0145. The molecule has 2 heterocycles. The third kappa shape index (κ3) is 2.58. The minimum absolute atomic E-state index is 0.634. The van der Waals surface area contributed by atoms with E-state index < -0.39 is 5.60 Å². The van der Waals surface area contributed by atoms with Crippen molar-refractivity contribution in [3.63, 3.8) is 0 Å². The number of nitrogens with zero attached hydrogens (tertiary/aromatic N) is 2. The molecule has 2 aromatic rings. The Hall–Kier alpha value is -1.39. The first kappa shape index (κ1) is 13.6. The van der Waals surface area contributed by atoms with Crippen LogP contribution in [0, 0.1) is 0 Å². The Bertz CT molecular complexity index is 584. The topological polar surface area (TPSA) is 50.1 Å². The third-order valence-corrected chi connectivity index (χ3v) is 4.12. The lowest BCUT2D eigenvalue weighted by Crippen LogP contribution is -2.47. The number of aryl methyl sites for hydroxylation is 1. The van der Waals surface area contributed by atoms with Gasteiger partial charge in [0.25, 0.3) is 0 Å². The molecule has 0 radical (unpaired) electrons. The van der Waals surface area contributed by atoms with Gasteiger partial charge in [-0.3, -0.25) is 0 Å². The number of para-hydroxylation sites is 2. The Morgan fingerprint density at radius 3 is 3.00 bits per heavy atom. The zero-order valence-electron chi connectivity index (χ0n) is 12.1. The van der Waals surface area contributed by atoms with Gasteiger partial charge < -0.3 is 15.0 Å². The van der Waals surface area contributed by atoms with Crippen molar-refractivity contribution in [3.05, 3.63) is 30.1 Å². The second-order valence-corrected chi connectivity index (χ2v) is 5.85. The molecule has 0 saturated carbocycles. The zero-order valence-corrected chi connectivity index (χ0v) is 12.1. The molecule has 1 saturated heterocycles. The Morgan fingerprint density at radius 2 is 2.25 bits per heavy atom.